The van der Waals surface area contributed by atoms with Crippen LogP contribution in [0.25, 0.3) is 0 Å². The Balaban J connectivity index is 2.49. The second kappa shape index (κ2) is 3.60. The van der Waals surface area contributed by atoms with E-state index in [1.165, 1.54) is 17.0 Å². The maximum atomic E-state index is 4.83. The highest BCUT2D eigenvalue weighted by atomic mass is 14.9. The molecule has 2 heteroatoms. The fraction of sp³-hybridized carbons (Fsp3) is 0.615. The third-order valence-electron chi connectivity index (χ3n) is 3.12. The van der Waals surface area contributed by atoms with Gasteiger partial charge in [0.25, 0.3) is 0 Å². The molecule has 1 aromatic rings. The first kappa shape index (κ1) is 10.6. The minimum absolute atomic E-state index is 0.165. The largest absolute Gasteiger partial charge is 0.312 e. The van der Waals surface area contributed by atoms with Crippen LogP contribution in [0.3, 0.4) is 0 Å². The Morgan fingerprint density at radius 3 is 2.73 bits per heavy atom. The van der Waals surface area contributed by atoms with Crippen LogP contribution in [0.2, 0.25) is 0 Å². The van der Waals surface area contributed by atoms with E-state index in [1.54, 1.807) is 0 Å². The van der Waals surface area contributed by atoms with Gasteiger partial charge in [-0.25, -0.2) is 0 Å². The minimum atomic E-state index is 0.165. The quantitative estimate of drug-likeness (QED) is 0.760. The molecule has 0 saturated carbocycles. The summed E-state index contributed by atoms with van der Waals surface area (Å²) in [5.74, 6) is 0.515. The van der Waals surface area contributed by atoms with Crippen LogP contribution >= 0.6 is 0 Å². The third kappa shape index (κ3) is 1.91. The van der Waals surface area contributed by atoms with E-state index in [1.807, 2.05) is 0 Å². The molecule has 0 atom stereocenters. The van der Waals surface area contributed by atoms with Gasteiger partial charge in [-0.15, -0.1) is 0 Å². The Labute approximate surface area is 92.1 Å². The van der Waals surface area contributed by atoms with Crippen LogP contribution in [-0.4, -0.2) is 11.5 Å². The smallest absolute Gasteiger partial charge is 0.0520 e. The average Bonchev–Trinajstić information content (AvgIpc) is 2.17. The molecule has 0 saturated heterocycles. The standard InChI is InChI=1S/C13H20N2/c1-9(2)11-6-5-10-7-14-8-13(3,4)12(10)15-11/h5-6,9,14H,7-8H2,1-4H3. The van der Waals surface area contributed by atoms with E-state index in [9.17, 15) is 0 Å². The van der Waals surface area contributed by atoms with Crippen molar-refractivity contribution in [2.45, 2.75) is 45.6 Å². The number of fused-ring (bicyclic) bond motifs is 1. The van der Waals surface area contributed by atoms with Gasteiger partial charge < -0.3 is 5.32 Å². The van der Waals surface area contributed by atoms with Crippen LogP contribution in [0.15, 0.2) is 12.1 Å². The molecule has 0 spiro atoms. The van der Waals surface area contributed by atoms with Gasteiger partial charge in [-0.05, 0) is 17.5 Å². The summed E-state index contributed by atoms with van der Waals surface area (Å²) in [4.78, 5) is 4.83. The Kier molecular flexibility index (Phi) is 2.55. The second-order valence-electron chi connectivity index (χ2n) is 5.39. The first-order valence-corrected chi connectivity index (χ1v) is 5.72. The van der Waals surface area contributed by atoms with Crippen LogP contribution in [-0.2, 0) is 12.0 Å². The Morgan fingerprint density at radius 2 is 2.07 bits per heavy atom. The molecule has 0 amide bonds. The van der Waals surface area contributed by atoms with Gasteiger partial charge in [0.15, 0.2) is 0 Å². The zero-order chi connectivity index (χ0) is 11.1. The van der Waals surface area contributed by atoms with E-state index in [2.05, 4.69) is 45.1 Å². The number of nitrogens with zero attached hydrogens (tertiary/aromatic N) is 1. The van der Waals surface area contributed by atoms with Gasteiger partial charge in [0.05, 0.1) is 5.69 Å². The number of aromatic nitrogens is 1. The molecule has 0 aromatic carbocycles. The maximum absolute atomic E-state index is 4.83. The molecule has 1 N–H and O–H groups in total. The molecule has 15 heavy (non-hydrogen) atoms. The molecule has 2 rings (SSSR count). The third-order valence-corrected chi connectivity index (χ3v) is 3.12. The molecule has 0 unspecified atom stereocenters. The zero-order valence-corrected chi connectivity index (χ0v) is 10.1. The molecule has 0 bridgehead atoms. The summed E-state index contributed by atoms with van der Waals surface area (Å²) >= 11 is 0. The van der Waals surface area contributed by atoms with E-state index in [4.69, 9.17) is 4.98 Å². The van der Waals surface area contributed by atoms with Crippen molar-refractivity contribution in [3.63, 3.8) is 0 Å². The summed E-state index contributed by atoms with van der Waals surface area (Å²) in [5.41, 5.74) is 4.02. The van der Waals surface area contributed by atoms with Gasteiger partial charge in [0.1, 0.15) is 0 Å². The number of rotatable bonds is 1. The maximum Gasteiger partial charge on any atom is 0.0520 e. The Bertz CT molecular complexity index is 367. The SMILES string of the molecule is CC(C)c1ccc2c(n1)C(C)(C)CNC2. The summed E-state index contributed by atoms with van der Waals surface area (Å²) in [7, 11) is 0. The summed E-state index contributed by atoms with van der Waals surface area (Å²) in [6, 6.07) is 4.39. The molecule has 82 valence electrons. The van der Waals surface area contributed by atoms with Gasteiger partial charge in [0.2, 0.25) is 0 Å². The van der Waals surface area contributed by atoms with E-state index >= 15 is 0 Å². The zero-order valence-electron chi connectivity index (χ0n) is 10.1. The number of hydrogen-bond donors (Lipinski definition) is 1. The number of hydrogen-bond acceptors (Lipinski definition) is 2. The monoisotopic (exact) mass is 204 g/mol. The number of pyridine rings is 1. The predicted molar refractivity (Wildman–Crippen MR) is 63.1 cm³/mol. The van der Waals surface area contributed by atoms with E-state index in [0.29, 0.717) is 5.92 Å². The van der Waals surface area contributed by atoms with E-state index in [0.717, 1.165) is 13.1 Å². The van der Waals surface area contributed by atoms with Crippen molar-refractivity contribution in [1.29, 1.82) is 0 Å². The predicted octanol–water partition coefficient (Wildman–Crippen LogP) is 2.59. The van der Waals surface area contributed by atoms with Crippen LogP contribution in [0.4, 0.5) is 0 Å². The molecule has 2 heterocycles. The summed E-state index contributed by atoms with van der Waals surface area (Å²) in [5, 5.41) is 3.44. The topological polar surface area (TPSA) is 24.9 Å². The normalized spacial score (nSPS) is 19.0. The summed E-state index contributed by atoms with van der Waals surface area (Å²) < 4.78 is 0. The first-order chi connectivity index (χ1) is 7.00. The van der Waals surface area contributed by atoms with E-state index in [-0.39, 0.29) is 5.41 Å². The van der Waals surface area contributed by atoms with Gasteiger partial charge in [0, 0.05) is 24.2 Å². The highest BCUT2D eigenvalue weighted by Crippen LogP contribution is 2.29. The lowest BCUT2D eigenvalue weighted by Crippen LogP contribution is -2.39. The average molecular weight is 204 g/mol. The lowest BCUT2D eigenvalue weighted by molar-refractivity contribution is 0.419. The molecule has 1 aromatic heterocycles. The van der Waals surface area contributed by atoms with Crippen LogP contribution in [0, 0.1) is 0 Å². The van der Waals surface area contributed by atoms with Crippen LogP contribution in [0.1, 0.15) is 50.6 Å². The Hall–Kier alpha value is -0.890. The van der Waals surface area contributed by atoms with Gasteiger partial charge in [-0.2, -0.15) is 0 Å². The first-order valence-electron chi connectivity index (χ1n) is 5.72. The van der Waals surface area contributed by atoms with Crippen molar-refractivity contribution in [1.82, 2.24) is 10.3 Å². The van der Waals surface area contributed by atoms with Gasteiger partial charge in [-0.3, -0.25) is 4.98 Å². The lowest BCUT2D eigenvalue weighted by Gasteiger charge is -2.32. The van der Waals surface area contributed by atoms with Crippen LogP contribution < -0.4 is 5.32 Å². The fourth-order valence-corrected chi connectivity index (χ4v) is 2.15. The lowest BCUT2D eigenvalue weighted by atomic mass is 9.83. The molecule has 1 aliphatic heterocycles. The molecular weight excluding hydrogens is 184 g/mol. The molecule has 0 radical (unpaired) electrons. The van der Waals surface area contributed by atoms with Crippen molar-refractivity contribution in [3.05, 3.63) is 29.1 Å². The van der Waals surface area contributed by atoms with Crippen molar-refractivity contribution in [2.24, 2.45) is 0 Å². The molecular formula is C13H20N2. The van der Waals surface area contributed by atoms with Crippen molar-refractivity contribution < 1.29 is 0 Å². The minimum Gasteiger partial charge on any atom is -0.312 e. The number of nitrogens with one attached hydrogen (secondary N) is 1. The molecule has 0 fully saturated rings. The second-order valence-corrected chi connectivity index (χ2v) is 5.39. The molecule has 2 nitrogen and oxygen atoms in total. The molecule has 1 aliphatic rings. The summed E-state index contributed by atoms with van der Waals surface area (Å²) in [6.45, 7) is 10.9. The van der Waals surface area contributed by atoms with Gasteiger partial charge >= 0.3 is 0 Å². The summed E-state index contributed by atoms with van der Waals surface area (Å²) in [6.07, 6.45) is 0. The van der Waals surface area contributed by atoms with Crippen molar-refractivity contribution in [2.75, 3.05) is 6.54 Å². The highest BCUT2D eigenvalue weighted by Gasteiger charge is 2.28. The Morgan fingerprint density at radius 1 is 1.33 bits per heavy atom. The van der Waals surface area contributed by atoms with Crippen molar-refractivity contribution in [3.8, 4) is 0 Å². The van der Waals surface area contributed by atoms with Crippen molar-refractivity contribution >= 4 is 0 Å². The fourth-order valence-electron chi connectivity index (χ4n) is 2.15. The van der Waals surface area contributed by atoms with Crippen LogP contribution in [0.5, 0.6) is 0 Å². The van der Waals surface area contributed by atoms with Gasteiger partial charge in [-0.1, -0.05) is 33.8 Å². The van der Waals surface area contributed by atoms with E-state index < -0.39 is 0 Å². The highest BCUT2D eigenvalue weighted by molar-refractivity contribution is 5.32. The molecule has 0 aliphatic carbocycles.